The molecular weight excluding hydrogens is 220 g/mol. The quantitative estimate of drug-likeness (QED) is 0.874. The summed E-state index contributed by atoms with van der Waals surface area (Å²) in [6, 6.07) is 3.73. The van der Waals surface area contributed by atoms with Gasteiger partial charge in [0.25, 0.3) is 0 Å². The molecule has 1 N–H and O–H groups in total. The third-order valence-electron chi connectivity index (χ3n) is 2.73. The lowest BCUT2D eigenvalue weighted by Gasteiger charge is -2.08. The van der Waals surface area contributed by atoms with E-state index >= 15 is 0 Å². The minimum atomic E-state index is -0.466. The zero-order chi connectivity index (χ0) is 12.4. The molecule has 1 aromatic carbocycles. The molecule has 4 heteroatoms. The van der Waals surface area contributed by atoms with E-state index in [-0.39, 0.29) is 6.79 Å². The van der Waals surface area contributed by atoms with Crippen LogP contribution in [0.4, 0.5) is 0 Å². The van der Waals surface area contributed by atoms with Crippen molar-refractivity contribution in [3.8, 4) is 17.2 Å². The van der Waals surface area contributed by atoms with Gasteiger partial charge >= 0.3 is 0 Å². The van der Waals surface area contributed by atoms with E-state index in [1.807, 2.05) is 25.1 Å². The minimum Gasteiger partial charge on any atom is -0.493 e. The van der Waals surface area contributed by atoms with Crippen molar-refractivity contribution in [1.82, 2.24) is 0 Å². The number of rotatable bonds is 3. The number of hydrogen-bond acceptors (Lipinski definition) is 4. The normalized spacial score (nSPS) is 15.9. The number of aliphatic hydroxyl groups excluding tert-OH is 1. The van der Waals surface area contributed by atoms with E-state index < -0.39 is 6.10 Å². The van der Waals surface area contributed by atoms with Crippen LogP contribution < -0.4 is 14.2 Å². The van der Waals surface area contributed by atoms with Gasteiger partial charge in [0.2, 0.25) is 12.5 Å². The number of hydrogen-bond donors (Lipinski definition) is 1. The lowest BCUT2D eigenvalue weighted by atomic mass is 10.1. The molecule has 0 saturated heterocycles. The fourth-order valence-electron chi connectivity index (χ4n) is 1.62. The van der Waals surface area contributed by atoms with Crippen LogP contribution in [0.2, 0.25) is 0 Å². The highest BCUT2D eigenvalue weighted by Crippen LogP contribution is 2.42. The number of methoxy groups -OCH3 is 1. The molecule has 1 aliphatic heterocycles. The van der Waals surface area contributed by atoms with Gasteiger partial charge in [-0.05, 0) is 37.1 Å². The molecule has 0 radical (unpaired) electrons. The Hall–Kier alpha value is -1.68. The van der Waals surface area contributed by atoms with Crippen LogP contribution in [0.5, 0.6) is 17.2 Å². The van der Waals surface area contributed by atoms with Crippen LogP contribution in [0.1, 0.15) is 19.4 Å². The maximum absolute atomic E-state index is 9.45. The van der Waals surface area contributed by atoms with Crippen molar-refractivity contribution in [2.75, 3.05) is 13.9 Å². The van der Waals surface area contributed by atoms with Crippen molar-refractivity contribution in [1.29, 1.82) is 0 Å². The average molecular weight is 236 g/mol. The van der Waals surface area contributed by atoms with Crippen molar-refractivity contribution in [3.63, 3.8) is 0 Å². The van der Waals surface area contributed by atoms with E-state index in [1.165, 1.54) is 0 Å². The van der Waals surface area contributed by atoms with Crippen LogP contribution in [0.15, 0.2) is 17.7 Å². The predicted molar refractivity (Wildman–Crippen MR) is 64.4 cm³/mol. The fraction of sp³-hybridized carbons (Fsp3) is 0.385. The Balaban J connectivity index is 2.40. The van der Waals surface area contributed by atoms with E-state index in [0.717, 1.165) is 11.1 Å². The Bertz CT molecular complexity index is 449. The van der Waals surface area contributed by atoms with Gasteiger partial charge in [-0.25, -0.2) is 0 Å². The fourth-order valence-corrected chi connectivity index (χ4v) is 1.62. The first-order chi connectivity index (χ1) is 8.11. The number of fused-ring (bicyclic) bond motifs is 1. The van der Waals surface area contributed by atoms with Gasteiger partial charge < -0.3 is 19.3 Å². The first-order valence-corrected chi connectivity index (χ1v) is 5.45. The summed E-state index contributed by atoms with van der Waals surface area (Å²) in [6.45, 7) is 3.83. The molecule has 0 aliphatic carbocycles. The zero-order valence-corrected chi connectivity index (χ0v) is 10.2. The maximum Gasteiger partial charge on any atom is 0.231 e. The number of benzene rings is 1. The van der Waals surface area contributed by atoms with E-state index in [0.29, 0.717) is 17.2 Å². The van der Waals surface area contributed by atoms with Crippen molar-refractivity contribution in [2.24, 2.45) is 0 Å². The average Bonchev–Trinajstić information content (AvgIpc) is 2.75. The van der Waals surface area contributed by atoms with Crippen LogP contribution in [-0.4, -0.2) is 25.1 Å². The van der Waals surface area contributed by atoms with Gasteiger partial charge in [0.05, 0.1) is 13.2 Å². The topological polar surface area (TPSA) is 47.9 Å². The van der Waals surface area contributed by atoms with Gasteiger partial charge in [-0.1, -0.05) is 6.08 Å². The third kappa shape index (κ3) is 2.36. The van der Waals surface area contributed by atoms with Crippen LogP contribution in [-0.2, 0) is 0 Å². The van der Waals surface area contributed by atoms with Crippen molar-refractivity contribution < 1.29 is 19.3 Å². The van der Waals surface area contributed by atoms with Crippen molar-refractivity contribution in [3.05, 3.63) is 23.3 Å². The Morgan fingerprint density at radius 1 is 1.47 bits per heavy atom. The second-order valence-electron chi connectivity index (χ2n) is 4.02. The van der Waals surface area contributed by atoms with Gasteiger partial charge in [-0.2, -0.15) is 0 Å². The number of aliphatic hydroxyl groups is 1. The molecule has 0 amide bonds. The largest absolute Gasteiger partial charge is 0.493 e. The molecule has 0 spiro atoms. The molecule has 1 heterocycles. The van der Waals surface area contributed by atoms with E-state index in [1.54, 1.807) is 14.0 Å². The van der Waals surface area contributed by atoms with Crippen LogP contribution in [0, 0.1) is 0 Å². The number of ether oxygens (including phenoxy) is 3. The summed E-state index contributed by atoms with van der Waals surface area (Å²) in [7, 11) is 1.59. The highest BCUT2D eigenvalue weighted by Gasteiger charge is 2.19. The van der Waals surface area contributed by atoms with Crippen LogP contribution in [0.3, 0.4) is 0 Å². The Labute approximate surface area is 100 Å². The monoisotopic (exact) mass is 236 g/mol. The van der Waals surface area contributed by atoms with Crippen molar-refractivity contribution in [2.45, 2.75) is 20.0 Å². The zero-order valence-electron chi connectivity index (χ0n) is 10.2. The highest BCUT2D eigenvalue weighted by molar-refractivity contribution is 5.64. The molecule has 1 atom stereocenters. The van der Waals surface area contributed by atoms with Gasteiger partial charge in [-0.15, -0.1) is 0 Å². The molecule has 0 bridgehead atoms. The molecule has 4 nitrogen and oxygen atoms in total. The van der Waals surface area contributed by atoms with Gasteiger partial charge in [0.15, 0.2) is 11.5 Å². The second-order valence-corrected chi connectivity index (χ2v) is 4.02. The van der Waals surface area contributed by atoms with Gasteiger partial charge in [0.1, 0.15) is 0 Å². The standard InChI is InChI=1S/C13H16O4/c1-8(9(2)14)4-10-5-11(15-3)13-12(6-10)16-7-17-13/h4-6,9,14H,7H2,1-3H3/b8-4-. The molecule has 1 unspecified atom stereocenters. The smallest absolute Gasteiger partial charge is 0.231 e. The van der Waals surface area contributed by atoms with Crippen LogP contribution in [0.25, 0.3) is 6.08 Å². The molecule has 0 saturated carbocycles. The summed E-state index contributed by atoms with van der Waals surface area (Å²) < 4.78 is 15.9. The molecular formula is C13H16O4. The van der Waals surface area contributed by atoms with Gasteiger partial charge in [0, 0.05) is 0 Å². The van der Waals surface area contributed by atoms with E-state index in [2.05, 4.69) is 0 Å². The lowest BCUT2D eigenvalue weighted by molar-refractivity contribution is 0.171. The minimum absolute atomic E-state index is 0.217. The Kier molecular flexibility index (Phi) is 3.24. The molecule has 17 heavy (non-hydrogen) atoms. The summed E-state index contributed by atoms with van der Waals surface area (Å²) in [5.74, 6) is 1.96. The summed E-state index contributed by atoms with van der Waals surface area (Å²) >= 11 is 0. The molecule has 1 aromatic rings. The summed E-state index contributed by atoms with van der Waals surface area (Å²) in [5, 5.41) is 9.45. The predicted octanol–water partition coefficient (Wildman–Crippen LogP) is 2.21. The first kappa shape index (κ1) is 11.8. The first-order valence-electron chi connectivity index (χ1n) is 5.45. The SMILES string of the molecule is COc1cc(/C=C(/C)C(C)O)cc2c1OCO2. The molecule has 92 valence electrons. The molecule has 2 rings (SSSR count). The Morgan fingerprint density at radius 3 is 2.88 bits per heavy atom. The lowest BCUT2D eigenvalue weighted by Crippen LogP contribution is -2.00. The molecule has 0 aromatic heterocycles. The maximum atomic E-state index is 9.45. The van der Waals surface area contributed by atoms with Crippen LogP contribution >= 0.6 is 0 Å². The second kappa shape index (κ2) is 4.67. The molecule has 1 aliphatic rings. The summed E-state index contributed by atoms with van der Waals surface area (Å²) in [6.07, 6.45) is 1.43. The third-order valence-corrected chi connectivity index (χ3v) is 2.73. The van der Waals surface area contributed by atoms with Gasteiger partial charge in [-0.3, -0.25) is 0 Å². The summed E-state index contributed by atoms with van der Waals surface area (Å²) in [5.41, 5.74) is 1.80. The highest BCUT2D eigenvalue weighted by atomic mass is 16.7. The molecule has 0 fully saturated rings. The summed E-state index contributed by atoms with van der Waals surface area (Å²) in [4.78, 5) is 0. The Morgan fingerprint density at radius 2 is 2.24 bits per heavy atom. The van der Waals surface area contributed by atoms with E-state index in [9.17, 15) is 5.11 Å². The van der Waals surface area contributed by atoms with E-state index in [4.69, 9.17) is 14.2 Å². The van der Waals surface area contributed by atoms with Crippen molar-refractivity contribution >= 4 is 6.08 Å².